The molecule has 0 aromatic heterocycles. The summed E-state index contributed by atoms with van der Waals surface area (Å²) in [5.41, 5.74) is 4.80. The van der Waals surface area contributed by atoms with Crippen molar-refractivity contribution in [3.05, 3.63) is 0 Å². The lowest BCUT2D eigenvalue weighted by molar-refractivity contribution is -0.141. The first-order valence-corrected chi connectivity index (χ1v) is 4.77. The number of urea groups is 2. The van der Waals surface area contributed by atoms with Gasteiger partial charge < -0.3 is 26.4 Å². The lowest BCUT2D eigenvalue weighted by Gasteiger charge is -2.07. The van der Waals surface area contributed by atoms with E-state index in [0.717, 1.165) is 0 Å². The lowest BCUT2D eigenvalue weighted by atomic mass is 10.6. The lowest BCUT2D eigenvalue weighted by Crippen LogP contribution is -2.43. The van der Waals surface area contributed by atoms with Crippen LogP contribution in [0.3, 0.4) is 0 Å². The van der Waals surface area contributed by atoms with Crippen LogP contribution in [-0.4, -0.2) is 44.3 Å². The summed E-state index contributed by atoms with van der Waals surface area (Å²) in [5, 5.41) is 6.98. The molecular formula is C8H16N4O4. The summed E-state index contributed by atoms with van der Waals surface area (Å²) in [6.07, 6.45) is 0. The van der Waals surface area contributed by atoms with Crippen molar-refractivity contribution in [3.8, 4) is 0 Å². The molecule has 0 saturated carbocycles. The molecule has 8 nitrogen and oxygen atoms in total. The van der Waals surface area contributed by atoms with Gasteiger partial charge in [-0.25, -0.2) is 9.59 Å². The van der Waals surface area contributed by atoms with Crippen LogP contribution < -0.4 is 21.7 Å². The third kappa shape index (κ3) is 8.60. The highest BCUT2D eigenvalue weighted by Gasteiger charge is 2.04. The van der Waals surface area contributed by atoms with E-state index in [0.29, 0.717) is 0 Å². The van der Waals surface area contributed by atoms with Gasteiger partial charge in [0.2, 0.25) is 0 Å². The molecule has 0 saturated heterocycles. The summed E-state index contributed by atoms with van der Waals surface area (Å²) in [6.45, 7) is 2.20. The number of primary amides is 1. The Hall–Kier alpha value is -1.99. The second-order valence-electron chi connectivity index (χ2n) is 2.71. The van der Waals surface area contributed by atoms with E-state index in [1.165, 1.54) is 0 Å². The van der Waals surface area contributed by atoms with Gasteiger partial charge in [-0.3, -0.25) is 4.79 Å². The number of amides is 4. The van der Waals surface area contributed by atoms with E-state index >= 15 is 0 Å². The zero-order valence-electron chi connectivity index (χ0n) is 9.04. The molecule has 0 atom stereocenters. The fourth-order valence-electron chi connectivity index (χ4n) is 0.789. The molecule has 8 heteroatoms. The number of nitrogens with two attached hydrogens (primary N) is 1. The number of esters is 1. The number of carbonyl (C=O) groups is 3. The van der Waals surface area contributed by atoms with Crippen molar-refractivity contribution in [2.24, 2.45) is 5.73 Å². The second-order valence-corrected chi connectivity index (χ2v) is 2.71. The molecule has 0 aliphatic carbocycles. The zero-order valence-corrected chi connectivity index (χ0v) is 9.04. The maximum Gasteiger partial charge on any atom is 0.325 e. The number of rotatable bonds is 6. The minimum Gasteiger partial charge on any atom is -0.465 e. The van der Waals surface area contributed by atoms with Crippen LogP contribution in [0.2, 0.25) is 0 Å². The fourth-order valence-corrected chi connectivity index (χ4v) is 0.789. The van der Waals surface area contributed by atoms with Crippen molar-refractivity contribution in [2.75, 3.05) is 26.2 Å². The van der Waals surface area contributed by atoms with Crippen LogP contribution in [0.5, 0.6) is 0 Å². The first-order valence-electron chi connectivity index (χ1n) is 4.77. The number of ether oxygens (including phenoxy) is 1. The molecule has 0 fully saturated rings. The third-order valence-corrected chi connectivity index (χ3v) is 1.41. The molecule has 4 amide bonds. The van der Waals surface area contributed by atoms with E-state index in [1.54, 1.807) is 6.92 Å². The largest absolute Gasteiger partial charge is 0.465 e. The van der Waals surface area contributed by atoms with Crippen LogP contribution in [0, 0.1) is 0 Å². The van der Waals surface area contributed by atoms with Crippen LogP contribution in [0.25, 0.3) is 0 Å². The standard InChI is InChI=1S/C8H16N4O4/c1-2-16-6(13)5-12-8(15)11-4-3-10-7(9)14/h2-5H2,1H3,(H3,9,10,14)(H2,11,12,15). The van der Waals surface area contributed by atoms with Gasteiger partial charge in [0.25, 0.3) is 0 Å². The number of nitrogens with one attached hydrogen (secondary N) is 3. The second kappa shape index (κ2) is 8.33. The highest BCUT2D eigenvalue weighted by atomic mass is 16.5. The summed E-state index contributed by atoms with van der Waals surface area (Å²) in [6, 6.07) is -1.17. The molecule has 0 bridgehead atoms. The van der Waals surface area contributed by atoms with E-state index in [-0.39, 0.29) is 26.2 Å². The number of hydrogen-bond donors (Lipinski definition) is 4. The predicted octanol–water partition coefficient (Wildman–Crippen LogP) is -1.48. The van der Waals surface area contributed by atoms with Crippen LogP contribution in [-0.2, 0) is 9.53 Å². The predicted molar refractivity (Wildman–Crippen MR) is 55.6 cm³/mol. The Balaban J connectivity index is 3.44. The van der Waals surface area contributed by atoms with Crippen molar-refractivity contribution < 1.29 is 19.1 Å². The fraction of sp³-hybridized carbons (Fsp3) is 0.625. The smallest absolute Gasteiger partial charge is 0.325 e. The molecule has 0 rings (SSSR count). The Bertz CT molecular complexity index is 256. The molecular weight excluding hydrogens is 216 g/mol. The number of carbonyl (C=O) groups excluding carboxylic acids is 3. The van der Waals surface area contributed by atoms with Crippen molar-refractivity contribution in [3.63, 3.8) is 0 Å². The minimum atomic E-state index is -0.659. The topological polar surface area (TPSA) is 123 Å². The normalized spacial score (nSPS) is 9.06. The van der Waals surface area contributed by atoms with E-state index in [2.05, 4.69) is 20.7 Å². The van der Waals surface area contributed by atoms with E-state index in [9.17, 15) is 14.4 Å². The average Bonchev–Trinajstić information content (AvgIpc) is 2.22. The maximum atomic E-state index is 11.0. The molecule has 0 heterocycles. The molecule has 92 valence electrons. The van der Waals surface area contributed by atoms with Gasteiger partial charge in [0.15, 0.2) is 0 Å². The summed E-state index contributed by atoms with van der Waals surface area (Å²) >= 11 is 0. The monoisotopic (exact) mass is 232 g/mol. The Morgan fingerprint density at radius 1 is 1.12 bits per heavy atom. The van der Waals surface area contributed by atoms with Crippen LogP contribution in [0.1, 0.15) is 6.92 Å². The molecule has 0 aromatic carbocycles. The molecule has 16 heavy (non-hydrogen) atoms. The number of hydrogen-bond acceptors (Lipinski definition) is 4. The van der Waals surface area contributed by atoms with Crippen molar-refractivity contribution in [1.82, 2.24) is 16.0 Å². The first-order chi connectivity index (χ1) is 7.56. The Morgan fingerprint density at radius 3 is 2.31 bits per heavy atom. The van der Waals surface area contributed by atoms with Crippen LogP contribution in [0.15, 0.2) is 0 Å². The molecule has 0 radical (unpaired) electrons. The Morgan fingerprint density at radius 2 is 1.75 bits per heavy atom. The molecule has 5 N–H and O–H groups in total. The van der Waals surface area contributed by atoms with Gasteiger partial charge in [0.1, 0.15) is 6.54 Å². The molecule has 0 unspecified atom stereocenters. The SMILES string of the molecule is CCOC(=O)CNC(=O)NCCNC(N)=O. The van der Waals surface area contributed by atoms with Gasteiger partial charge in [-0.2, -0.15) is 0 Å². The first kappa shape index (κ1) is 14.0. The Labute approximate surface area is 92.9 Å². The van der Waals surface area contributed by atoms with Crippen molar-refractivity contribution in [2.45, 2.75) is 6.92 Å². The summed E-state index contributed by atoms with van der Waals surface area (Å²) in [4.78, 5) is 32.1. The zero-order chi connectivity index (χ0) is 12.4. The van der Waals surface area contributed by atoms with Crippen LogP contribution >= 0.6 is 0 Å². The molecule has 0 aliphatic heterocycles. The highest BCUT2D eigenvalue weighted by molar-refractivity contribution is 5.80. The van der Waals surface area contributed by atoms with Gasteiger partial charge in [-0.1, -0.05) is 0 Å². The molecule has 0 spiro atoms. The maximum absolute atomic E-state index is 11.0. The summed E-state index contributed by atoms with van der Waals surface area (Å²) < 4.78 is 4.59. The van der Waals surface area contributed by atoms with Gasteiger partial charge in [-0.05, 0) is 6.92 Å². The van der Waals surface area contributed by atoms with Crippen molar-refractivity contribution in [1.29, 1.82) is 0 Å². The van der Waals surface area contributed by atoms with E-state index in [4.69, 9.17) is 5.73 Å². The van der Waals surface area contributed by atoms with Gasteiger partial charge in [0.05, 0.1) is 6.61 Å². The van der Waals surface area contributed by atoms with E-state index in [1.807, 2.05) is 0 Å². The minimum absolute atomic E-state index is 0.192. The molecule has 0 aromatic rings. The molecule has 0 aliphatic rings. The van der Waals surface area contributed by atoms with Gasteiger partial charge in [0, 0.05) is 13.1 Å². The highest BCUT2D eigenvalue weighted by Crippen LogP contribution is 1.75. The Kier molecular flexibility index (Phi) is 7.29. The average molecular weight is 232 g/mol. The van der Waals surface area contributed by atoms with Crippen LogP contribution in [0.4, 0.5) is 9.59 Å². The quantitative estimate of drug-likeness (QED) is 0.329. The van der Waals surface area contributed by atoms with Gasteiger partial charge >= 0.3 is 18.0 Å². The summed E-state index contributed by atoms with van der Waals surface area (Å²) in [5.74, 6) is -0.507. The van der Waals surface area contributed by atoms with Crippen molar-refractivity contribution >= 4 is 18.0 Å². The third-order valence-electron chi connectivity index (χ3n) is 1.41. The summed E-state index contributed by atoms with van der Waals surface area (Å²) in [7, 11) is 0. The van der Waals surface area contributed by atoms with Gasteiger partial charge in [-0.15, -0.1) is 0 Å². The van der Waals surface area contributed by atoms with E-state index < -0.39 is 18.0 Å².